The number of rotatable bonds is 10. The van der Waals surface area contributed by atoms with Crippen LogP contribution >= 0.6 is 23.4 Å². The summed E-state index contributed by atoms with van der Waals surface area (Å²) >= 11 is 7.48. The highest BCUT2D eigenvalue weighted by atomic mass is 35.5. The Morgan fingerprint density at radius 3 is 2.47 bits per heavy atom. The van der Waals surface area contributed by atoms with Crippen LogP contribution in [0.2, 0.25) is 5.02 Å². The molecule has 1 aliphatic rings. The number of hydrogen-bond acceptors (Lipinski definition) is 6. The van der Waals surface area contributed by atoms with Crippen molar-refractivity contribution in [2.75, 3.05) is 19.8 Å². The first-order valence-corrected chi connectivity index (χ1v) is 13.5. The van der Waals surface area contributed by atoms with Crippen LogP contribution in [0, 0.1) is 20.8 Å². The number of thioether (sulfide) groups is 1. The van der Waals surface area contributed by atoms with Crippen molar-refractivity contribution in [3.8, 4) is 17.2 Å². The summed E-state index contributed by atoms with van der Waals surface area (Å²) in [5.41, 5.74) is 4.88. The van der Waals surface area contributed by atoms with Crippen LogP contribution in [-0.4, -0.2) is 35.8 Å². The molecule has 1 fully saturated rings. The van der Waals surface area contributed by atoms with Crippen molar-refractivity contribution in [3.63, 3.8) is 0 Å². The third-order valence-corrected chi connectivity index (χ3v) is 7.24. The van der Waals surface area contributed by atoms with E-state index in [4.69, 9.17) is 25.8 Å². The molecular formula is C30H30ClNO5S. The molecule has 198 valence electrons. The van der Waals surface area contributed by atoms with E-state index in [1.165, 1.54) is 4.90 Å². The van der Waals surface area contributed by atoms with E-state index in [1.54, 1.807) is 18.2 Å². The number of halogens is 1. The molecule has 0 bridgehead atoms. The van der Waals surface area contributed by atoms with E-state index >= 15 is 0 Å². The molecule has 6 nitrogen and oxygen atoms in total. The molecule has 0 N–H and O–H groups in total. The van der Waals surface area contributed by atoms with Crippen molar-refractivity contribution in [1.29, 1.82) is 0 Å². The van der Waals surface area contributed by atoms with E-state index in [0.29, 0.717) is 40.2 Å². The summed E-state index contributed by atoms with van der Waals surface area (Å²) in [7, 11) is 0. The Bertz CT molecular complexity index is 1390. The van der Waals surface area contributed by atoms with Gasteiger partial charge in [0.1, 0.15) is 19.0 Å². The fraction of sp³-hybridized carbons (Fsp3) is 0.267. The fourth-order valence-electron chi connectivity index (χ4n) is 3.95. The van der Waals surface area contributed by atoms with E-state index in [0.717, 1.165) is 39.8 Å². The number of amides is 2. The van der Waals surface area contributed by atoms with E-state index < -0.39 is 0 Å². The lowest BCUT2D eigenvalue weighted by atomic mass is 10.1. The lowest BCUT2D eigenvalue weighted by molar-refractivity contribution is -0.123. The number of aryl methyl sites for hydroxylation is 3. The van der Waals surface area contributed by atoms with Gasteiger partial charge in [-0.1, -0.05) is 48.0 Å². The van der Waals surface area contributed by atoms with Gasteiger partial charge >= 0.3 is 0 Å². The molecule has 3 aromatic rings. The summed E-state index contributed by atoms with van der Waals surface area (Å²) < 4.78 is 17.7. The molecule has 0 aliphatic carbocycles. The molecule has 1 heterocycles. The Hall–Kier alpha value is -3.42. The zero-order chi connectivity index (χ0) is 27.2. The minimum Gasteiger partial charge on any atom is -0.491 e. The van der Waals surface area contributed by atoms with Crippen LogP contribution in [0.3, 0.4) is 0 Å². The largest absolute Gasteiger partial charge is 0.491 e. The maximum atomic E-state index is 13.0. The molecule has 0 unspecified atom stereocenters. The smallest absolute Gasteiger partial charge is 0.293 e. The van der Waals surface area contributed by atoms with Gasteiger partial charge in [0.2, 0.25) is 0 Å². The SMILES string of the molecule is CCOc1cc(/C=C2\SC(=O)N(CCOc3cc(C)ccc3C)C2=O)cc(Cl)c1OCc1ccccc1C. The molecule has 0 atom stereocenters. The van der Waals surface area contributed by atoms with E-state index in [2.05, 4.69) is 0 Å². The number of ether oxygens (including phenoxy) is 3. The highest BCUT2D eigenvalue weighted by Crippen LogP contribution is 2.39. The topological polar surface area (TPSA) is 65.1 Å². The van der Waals surface area contributed by atoms with Gasteiger partial charge in [-0.2, -0.15) is 0 Å². The maximum Gasteiger partial charge on any atom is 0.293 e. The first-order chi connectivity index (χ1) is 18.3. The number of hydrogen-bond donors (Lipinski definition) is 0. The van der Waals surface area contributed by atoms with Crippen LogP contribution in [0.15, 0.2) is 59.5 Å². The molecule has 0 saturated carbocycles. The molecular weight excluding hydrogens is 522 g/mol. The monoisotopic (exact) mass is 551 g/mol. The first kappa shape index (κ1) is 27.6. The second kappa shape index (κ2) is 12.4. The van der Waals surface area contributed by atoms with Gasteiger partial charge in [0.15, 0.2) is 11.5 Å². The first-order valence-electron chi connectivity index (χ1n) is 12.4. The quantitative estimate of drug-likeness (QED) is 0.245. The number of benzene rings is 3. The Balaban J connectivity index is 1.47. The van der Waals surface area contributed by atoms with E-state index in [-0.39, 0.29) is 24.3 Å². The normalized spacial score (nSPS) is 14.3. The molecule has 1 saturated heterocycles. The molecule has 0 spiro atoms. The molecule has 1 aliphatic heterocycles. The highest BCUT2D eigenvalue weighted by Gasteiger charge is 2.35. The van der Waals surface area contributed by atoms with Crippen molar-refractivity contribution in [2.45, 2.75) is 34.3 Å². The molecule has 0 radical (unpaired) electrons. The second-order valence-corrected chi connectivity index (χ2v) is 10.3. The summed E-state index contributed by atoms with van der Waals surface area (Å²) in [6, 6.07) is 17.4. The number of carbonyl (C=O) groups is 2. The predicted octanol–water partition coefficient (Wildman–Crippen LogP) is 7.36. The number of nitrogens with zero attached hydrogens (tertiary/aromatic N) is 1. The minimum absolute atomic E-state index is 0.159. The van der Waals surface area contributed by atoms with Crippen molar-refractivity contribution in [1.82, 2.24) is 4.90 Å². The van der Waals surface area contributed by atoms with Crippen LogP contribution in [0.1, 0.15) is 34.7 Å². The van der Waals surface area contributed by atoms with Crippen molar-refractivity contribution < 1.29 is 23.8 Å². The summed E-state index contributed by atoms with van der Waals surface area (Å²) in [5, 5.41) is 0.0251. The highest BCUT2D eigenvalue weighted by molar-refractivity contribution is 8.18. The Kier molecular flexibility index (Phi) is 9.02. The summed E-state index contributed by atoms with van der Waals surface area (Å²) in [4.78, 5) is 27.1. The Labute approximate surface area is 232 Å². The lowest BCUT2D eigenvalue weighted by Gasteiger charge is -2.15. The fourth-order valence-corrected chi connectivity index (χ4v) is 5.09. The van der Waals surface area contributed by atoms with Gasteiger partial charge in [-0.25, -0.2) is 0 Å². The van der Waals surface area contributed by atoms with Crippen molar-refractivity contribution in [3.05, 3.63) is 92.3 Å². The molecule has 0 aromatic heterocycles. The third-order valence-electron chi connectivity index (χ3n) is 6.05. The third kappa shape index (κ3) is 6.52. The van der Waals surface area contributed by atoms with Crippen LogP contribution in [0.25, 0.3) is 6.08 Å². The molecule has 8 heteroatoms. The van der Waals surface area contributed by atoms with Gasteiger partial charge < -0.3 is 14.2 Å². The van der Waals surface area contributed by atoms with Gasteiger partial charge in [0, 0.05) is 0 Å². The Morgan fingerprint density at radius 1 is 0.921 bits per heavy atom. The number of carbonyl (C=O) groups excluding carboxylic acids is 2. The molecule has 3 aromatic carbocycles. The van der Waals surface area contributed by atoms with Crippen LogP contribution in [-0.2, 0) is 11.4 Å². The average molecular weight is 552 g/mol. The molecule has 2 amide bonds. The standard InChI is InChI=1S/C30H30ClNO5S/c1-5-35-26-16-22(15-24(31)28(26)37-18-23-9-7-6-8-20(23)3)17-27-29(33)32(30(34)38-27)12-13-36-25-14-19(2)10-11-21(25)4/h6-11,14-17H,5,12-13,18H2,1-4H3/b27-17-. The zero-order valence-electron chi connectivity index (χ0n) is 21.9. The zero-order valence-corrected chi connectivity index (χ0v) is 23.4. The van der Waals surface area contributed by atoms with Gasteiger partial charge in [0.25, 0.3) is 11.1 Å². The van der Waals surface area contributed by atoms with Crippen LogP contribution in [0.5, 0.6) is 17.2 Å². The van der Waals surface area contributed by atoms with Crippen molar-refractivity contribution in [2.24, 2.45) is 0 Å². The second-order valence-electron chi connectivity index (χ2n) is 8.93. The maximum absolute atomic E-state index is 13.0. The van der Waals surface area contributed by atoms with Crippen LogP contribution in [0.4, 0.5) is 4.79 Å². The predicted molar refractivity (Wildman–Crippen MR) is 152 cm³/mol. The molecule has 4 rings (SSSR count). The van der Waals surface area contributed by atoms with Gasteiger partial charge in [-0.05, 0) is 91.5 Å². The van der Waals surface area contributed by atoms with E-state index in [9.17, 15) is 9.59 Å². The lowest BCUT2D eigenvalue weighted by Crippen LogP contribution is -2.32. The van der Waals surface area contributed by atoms with E-state index in [1.807, 2.05) is 70.2 Å². The summed E-state index contributed by atoms with van der Waals surface area (Å²) in [6.45, 7) is 8.96. The van der Waals surface area contributed by atoms with Crippen LogP contribution < -0.4 is 14.2 Å². The van der Waals surface area contributed by atoms with Crippen molar-refractivity contribution >= 4 is 40.6 Å². The summed E-state index contributed by atoms with van der Waals surface area (Å²) in [6.07, 6.45) is 1.65. The minimum atomic E-state index is -0.362. The van der Waals surface area contributed by atoms with Gasteiger partial charge in [0.05, 0.1) is 23.1 Å². The Morgan fingerprint density at radius 2 is 1.71 bits per heavy atom. The molecule has 38 heavy (non-hydrogen) atoms. The van der Waals surface area contributed by atoms with Gasteiger partial charge in [-0.3, -0.25) is 14.5 Å². The average Bonchev–Trinajstić information content (AvgIpc) is 3.14. The number of imide groups is 1. The summed E-state index contributed by atoms with van der Waals surface area (Å²) in [5.74, 6) is 1.29. The van der Waals surface area contributed by atoms with Gasteiger partial charge in [-0.15, -0.1) is 0 Å².